The Bertz CT molecular complexity index is 732. The monoisotopic (exact) mass is 371 g/mol. The Morgan fingerprint density at radius 2 is 2.08 bits per heavy atom. The van der Waals surface area contributed by atoms with Crippen LogP contribution in [0.4, 0.5) is 5.82 Å². The molecule has 0 N–H and O–H groups in total. The van der Waals surface area contributed by atoms with Crippen LogP contribution in [-0.2, 0) is 9.84 Å². The lowest BCUT2D eigenvalue weighted by Gasteiger charge is -2.27. The standard InChI is InChI=1S/C16H22ClN3O3S/c1-2-20(13-5-8-24(22,23)11-13)16(21)12-9-14(17)18-15(10-12)19-6-3-4-7-19/h9-10,13H,2-8,11H2,1H3. The molecule has 1 aromatic rings. The molecule has 2 fully saturated rings. The van der Waals surface area contributed by atoms with Gasteiger partial charge in [-0.25, -0.2) is 13.4 Å². The van der Waals surface area contributed by atoms with Gasteiger partial charge in [-0.1, -0.05) is 11.6 Å². The minimum Gasteiger partial charge on any atom is -0.357 e. The van der Waals surface area contributed by atoms with Crippen molar-refractivity contribution in [3.63, 3.8) is 0 Å². The highest BCUT2D eigenvalue weighted by molar-refractivity contribution is 7.91. The highest BCUT2D eigenvalue weighted by atomic mass is 35.5. The van der Waals surface area contributed by atoms with E-state index in [1.54, 1.807) is 17.0 Å². The molecule has 132 valence electrons. The van der Waals surface area contributed by atoms with Gasteiger partial charge in [-0.2, -0.15) is 0 Å². The molecule has 2 aliphatic heterocycles. The number of sulfone groups is 1. The molecule has 1 amide bonds. The minimum atomic E-state index is -3.04. The smallest absolute Gasteiger partial charge is 0.254 e. The molecule has 0 spiro atoms. The number of anilines is 1. The average Bonchev–Trinajstić information content (AvgIpc) is 3.17. The lowest BCUT2D eigenvalue weighted by molar-refractivity contribution is 0.0708. The third kappa shape index (κ3) is 3.67. The van der Waals surface area contributed by atoms with Crippen LogP contribution in [0.1, 0.15) is 36.5 Å². The van der Waals surface area contributed by atoms with Crippen molar-refractivity contribution in [2.45, 2.75) is 32.2 Å². The number of pyridine rings is 1. The van der Waals surface area contributed by atoms with Crippen molar-refractivity contribution in [3.8, 4) is 0 Å². The number of hydrogen-bond acceptors (Lipinski definition) is 5. The first kappa shape index (κ1) is 17.5. The molecule has 0 bridgehead atoms. The number of carbonyl (C=O) groups excluding carboxylic acids is 1. The van der Waals surface area contributed by atoms with E-state index in [0.29, 0.717) is 18.5 Å². The van der Waals surface area contributed by atoms with Crippen LogP contribution in [-0.4, -0.2) is 61.4 Å². The van der Waals surface area contributed by atoms with Crippen LogP contribution in [0.3, 0.4) is 0 Å². The largest absolute Gasteiger partial charge is 0.357 e. The van der Waals surface area contributed by atoms with E-state index in [1.165, 1.54) is 0 Å². The van der Waals surface area contributed by atoms with Gasteiger partial charge < -0.3 is 9.80 Å². The van der Waals surface area contributed by atoms with Gasteiger partial charge in [0.15, 0.2) is 9.84 Å². The van der Waals surface area contributed by atoms with Crippen LogP contribution >= 0.6 is 11.6 Å². The van der Waals surface area contributed by atoms with E-state index in [1.807, 2.05) is 6.92 Å². The van der Waals surface area contributed by atoms with Crippen LogP contribution in [0.2, 0.25) is 5.15 Å². The molecule has 1 aromatic heterocycles. The Kier molecular flexibility index (Phi) is 5.01. The summed E-state index contributed by atoms with van der Waals surface area (Å²) in [6.45, 7) is 4.17. The van der Waals surface area contributed by atoms with Gasteiger partial charge in [0, 0.05) is 31.2 Å². The quantitative estimate of drug-likeness (QED) is 0.757. The summed E-state index contributed by atoms with van der Waals surface area (Å²) in [7, 11) is -3.04. The van der Waals surface area contributed by atoms with Crippen molar-refractivity contribution in [2.24, 2.45) is 0 Å². The third-order valence-electron chi connectivity index (χ3n) is 4.71. The van der Waals surface area contributed by atoms with Crippen molar-refractivity contribution >= 4 is 33.2 Å². The molecule has 0 saturated carbocycles. The second-order valence-electron chi connectivity index (χ2n) is 6.38. The summed E-state index contributed by atoms with van der Waals surface area (Å²) in [5, 5.41) is 0.290. The molecule has 24 heavy (non-hydrogen) atoms. The molecule has 3 heterocycles. The fourth-order valence-corrected chi connectivity index (χ4v) is 5.40. The van der Waals surface area contributed by atoms with Gasteiger partial charge >= 0.3 is 0 Å². The molecular weight excluding hydrogens is 350 g/mol. The Morgan fingerprint density at radius 1 is 1.38 bits per heavy atom. The second kappa shape index (κ2) is 6.88. The van der Waals surface area contributed by atoms with Crippen molar-refractivity contribution in [2.75, 3.05) is 36.0 Å². The summed E-state index contributed by atoms with van der Waals surface area (Å²) in [5.74, 6) is 0.741. The third-order valence-corrected chi connectivity index (χ3v) is 6.65. The second-order valence-corrected chi connectivity index (χ2v) is 8.99. The number of carbonyl (C=O) groups is 1. The molecule has 0 aliphatic carbocycles. The van der Waals surface area contributed by atoms with Crippen LogP contribution < -0.4 is 4.90 Å². The molecule has 3 rings (SSSR count). The van der Waals surface area contributed by atoms with Crippen LogP contribution in [0, 0.1) is 0 Å². The van der Waals surface area contributed by atoms with Crippen molar-refractivity contribution in [1.29, 1.82) is 0 Å². The maximum atomic E-state index is 12.9. The molecule has 0 radical (unpaired) electrons. The lowest BCUT2D eigenvalue weighted by Crippen LogP contribution is -2.41. The zero-order valence-electron chi connectivity index (χ0n) is 13.7. The fourth-order valence-electron chi connectivity index (χ4n) is 3.47. The Hall–Kier alpha value is -1.34. The van der Waals surface area contributed by atoms with Crippen molar-refractivity contribution < 1.29 is 13.2 Å². The number of halogens is 1. The Labute approximate surface area is 147 Å². The number of rotatable bonds is 4. The van der Waals surface area contributed by atoms with E-state index >= 15 is 0 Å². The van der Waals surface area contributed by atoms with Crippen LogP contribution in [0.15, 0.2) is 12.1 Å². The molecule has 1 atom stereocenters. The van der Waals surface area contributed by atoms with Gasteiger partial charge in [-0.05, 0) is 38.3 Å². The van der Waals surface area contributed by atoms with Gasteiger partial charge in [0.2, 0.25) is 0 Å². The summed E-state index contributed by atoms with van der Waals surface area (Å²) in [5.41, 5.74) is 0.475. The van der Waals surface area contributed by atoms with E-state index in [0.717, 1.165) is 31.7 Å². The predicted octanol–water partition coefficient (Wildman–Crippen LogP) is 1.98. The Balaban J connectivity index is 1.85. The van der Waals surface area contributed by atoms with Gasteiger partial charge in [-0.3, -0.25) is 4.79 Å². The summed E-state index contributed by atoms with van der Waals surface area (Å²) in [6, 6.07) is 3.08. The van der Waals surface area contributed by atoms with E-state index in [4.69, 9.17) is 11.6 Å². The predicted molar refractivity (Wildman–Crippen MR) is 94.5 cm³/mol. The maximum absolute atomic E-state index is 12.9. The number of hydrogen-bond donors (Lipinski definition) is 0. The molecule has 1 unspecified atom stereocenters. The number of nitrogens with zero attached hydrogens (tertiary/aromatic N) is 3. The first-order chi connectivity index (χ1) is 11.4. The van der Waals surface area contributed by atoms with Crippen molar-refractivity contribution in [3.05, 3.63) is 22.8 Å². The summed E-state index contributed by atoms with van der Waals surface area (Å²) < 4.78 is 23.5. The molecule has 0 aromatic carbocycles. The van der Waals surface area contributed by atoms with Gasteiger partial charge in [0.25, 0.3) is 5.91 Å². The maximum Gasteiger partial charge on any atom is 0.254 e. The normalized spacial score (nSPS) is 22.8. The highest BCUT2D eigenvalue weighted by Crippen LogP contribution is 2.25. The van der Waals surface area contributed by atoms with E-state index in [-0.39, 0.29) is 28.6 Å². The highest BCUT2D eigenvalue weighted by Gasteiger charge is 2.34. The molecule has 2 saturated heterocycles. The first-order valence-electron chi connectivity index (χ1n) is 8.33. The molecular formula is C16H22ClN3O3S. The van der Waals surface area contributed by atoms with E-state index in [2.05, 4.69) is 9.88 Å². The van der Waals surface area contributed by atoms with E-state index < -0.39 is 9.84 Å². The zero-order chi connectivity index (χ0) is 17.3. The summed E-state index contributed by atoms with van der Waals surface area (Å²) in [4.78, 5) is 21.0. The van der Waals surface area contributed by atoms with Gasteiger partial charge in [0.1, 0.15) is 11.0 Å². The SMILES string of the molecule is CCN(C(=O)c1cc(Cl)nc(N2CCCC2)c1)C1CCS(=O)(=O)C1. The summed E-state index contributed by atoms with van der Waals surface area (Å²) >= 11 is 6.12. The van der Waals surface area contributed by atoms with Crippen LogP contribution in [0.25, 0.3) is 0 Å². The first-order valence-corrected chi connectivity index (χ1v) is 10.5. The van der Waals surface area contributed by atoms with E-state index in [9.17, 15) is 13.2 Å². The lowest BCUT2D eigenvalue weighted by atomic mass is 10.1. The average molecular weight is 372 g/mol. The number of amides is 1. The van der Waals surface area contributed by atoms with Gasteiger partial charge in [0.05, 0.1) is 11.5 Å². The molecule has 6 nitrogen and oxygen atoms in total. The minimum absolute atomic E-state index is 0.0460. The van der Waals surface area contributed by atoms with Gasteiger partial charge in [-0.15, -0.1) is 0 Å². The Morgan fingerprint density at radius 3 is 2.67 bits per heavy atom. The molecule has 2 aliphatic rings. The van der Waals surface area contributed by atoms with Crippen molar-refractivity contribution in [1.82, 2.24) is 9.88 Å². The summed E-state index contributed by atoms with van der Waals surface area (Å²) in [6.07, 6.45) is 2.72. The number of aromatic nitrogens is 1. The zero-order valence-corrected chi connectivity index (χ0v) is 15.3. The fraction of sp³-hybridized carbons (Fsp3) is 0.625. The van der Waals surface area contributed by atoms with Crippen LogP contribution in [0.5, 0.6) is 0 Å². The topological polar surface area (TPSA) is 70.6 Å². The molecule has 8 heteroatoms.